The predicted octanol–water partition coefficient (Wildman–Crippen LogP) is 0.346. The van der Waals surface area contributed by atoms with Crippen LogP contribution in [0.25, 0.3) is 5.82 Å². The monoisotopic (exact) mass is 284 g/mol. The molecule has 2 aliphatic rings. The minimum absolute atomic E-state index is 0.0695. The first kappa shape index (κ1) is 12.8. The second-order valence-corrected chi connectivity index (χ2v) is 6.26. The Bertz CT molecular complexity index is 802. The molecule has 6 heteroatoms. The Balaban J connectivity index is 2.07. The van der Waals surface area contributed by atoms with Gasteiger partial charge in [0.2, 0.25) is 5.82 Å². The summed E-state index contributed by atoms with van der Waals surface area (Å²) in [5, 5.41) is 0. The van der Waals surface area contributed by atoms with Crippen molar-refractivity contribution in [3.05, 3.63) is 52.9 Å². The first-order chi connectivity index (χ1) is 9.96. The Kier molecular flexibility index (Phi) is 2.34. The molecule has 108 valence electrons. The van der Waals surface area contributed by atoms with Crippen LogP contribution in [0.4, 0.5) is 0 Å². The Hall–Kier alpha value is -1.92. The zero-order chi connectivity index (χ0) is 14.8. The second kappa shape index (κ2) is 3.84. The van der Waals surface area contributed by atoms with Crippen LogP contribution in [0.3, 0.4) is 0 Å². The molecule has 0 aliphatic carbocycles. The van der Waals surface area contributed by atoms with Gasteiger partial charge in [-0.3, -0.25) is 0 Å². The Morgan fingerprint density at radius 1 is 1.24 bits per heavy atom. The highest BCUT2D eigenvalue weighted by Gasteiger charge is 2.59. The second-order valence-electron chi connectivity index (χ2n) is 6.26. The molecule has 0 amide bonds. The van der Waals surface area contributed by atoms with Gasteiger partial charge >= 0.3 is 12.2 Å². The molecular weight excluding hydrogens is 267 g/mol. The van der Waals surface area contributed by atoms with Gasteiger partial charge in [-0.1, -0.05) is 12.1 Å². The van der Waals surface area contributed by atoms with Crippen molar-refractivity contribution < 1.29 is 13.8 Å². The van der Waals surface area contributed by atoms with Crippen LogP contribution in [0.15, 0.2) is 47.4 Å². The molecule has 4 rings (SSSR count). The van der Waals surface area contributed by atoms with Crippen LogP contribution in [0.5, 0.6) is 0 Å². The van der Waals surface area contributed by atoms with Crippen molar-refractivity contribution in [1.29, 1.82) is 0 Å². The fraction of sp³-hybridized carbons (Fsp3) is 0.333. The highest BCUT2D eigenvalue weighted by atomic mass is 16.7. The van der Waals surface area contributed by atoms with Crippen molar-refractivity contribution >= 4 is 12.3 Å². The minimum Gasteiger partial charge on any atom is -0.518 e. The van der Waals surface area contributed by atoms with Gasteiger partial charge in [-0.2, -0.15) is 4.57 Å². The summed E-state index contributed by atoms with van der Waals surface area (Å²) < 4.78 is 16.3. The molecule has 0 bridgehead atoms. The number of fused-ring (bicyclic) bond motifs is 5. The maximum Gasteiger partial charge on any atom is 0.521 e. The molecular formula is C15H17BN2O3. The number of aromatic nitrogens is 2. The summed E-state index contributed by atoms with van der Waals surface area (Å²) in [7, 11) is 0. The summed E-state index contributed by atoms with van der Waals surface area (Å²) in [6.07, 6.45) is 1.84. The summed E-state index contributed by atoms with van der Waals surface area (Å²) in [4.78, 5) is 12.3. The Morgan fingerprint density at radius 3 is 2.76 bits per heavy atom. The Morgan fingerprint density at radius 2 is 2.05 bits per heavy atom. The van der Waals surface area contributed by atoms with Crippen molar-refractivity contribution in [2.24, 2.45) is 0 Å². The molecule has 0 N–H and O–H groups in total. The van der Waals surface area contributed by atoms with Crippen molar-refractivity contribution in [2.75, 3.05) is 0 Å². The van der Waals surface area contributed by atoms with Crippen LogP contribution in [0.2, 0.25) is 0 Å². The molecule has 0 aromatic carbocycles. The van der Waals surface area contributed by atoms with E-state index in [4.69, 9.17) is 9.31 Å². The van der Waals surface area contributed by atoms with Gasteiger partial charge < -0.3 is 13.8 Å². The molecule has 2 aromatic heterocycles. The van der Waals surface area contributed by atoms with Crippen molar-refractivity contribution in [3.8, 4) is 5.82 Å². The van der Waals surface area contributed by atoms with Crippen molar-refractivity contribution in [1.82, 2.24) is 4.57 Å². The quantitative estimate of drug-likeness (QED) is 0.656. The van der Waals surface area contributed by atoms with Gasteiger partial charge in [-0.05, 0) is 32.9 Å². The Labute approximate surface area is 122 Å². The van der Waals surface area contributed by atoms with Gasteiger partial charge in [0.05, 0.1) is 5.59 Å². The molecule has 1 spiro atoms. The third kappa shape index (κ3) is 1.49. The van der Waals surface area contributed by atoms with E-state index < -0.39 is 12.3 Å². The lowest BCUT2D eigenvalue weighted by Gasteiger charge is -2.29. The zero-order valence-electron chi connectivity index (χ0n) is 12.3. The lowest BCUT2D eigenvalue weighted by Crippen LogP contribution is -2.71. The number of hydrogen-bond donors (Lipinski definition) is 0. The molecule has 5 nitrogen and oxygen atoms in total. The fourth-order valence-corrected chi connectivity index (χ4v) is 3.33. The smallest absolute Gasteiger partial charge is 0.518 e. The van der Waals surface area contributed by atoms with E-state index in [1.54, 1.807) is 16.7 Å². The lowest BCUT2D eigenvalue weighted by molar-refractivity contribution is -0.560. The van der Waals surface area contributed by atoms with Gasteiger partial charge in [0, 0.05) is 30.0 Å². The average Bonchev–Trinajstić information content (AvgIpc) is 2.85. The highest BCUT2D eigenvalue weighted by Crippen LogP contribution is 2.33. The third-order valence-corrected chi connectivity index (χ3v) is 4.65. The standard InChI is InChI=1S/C15H17BN2O3/c1-11-15(2,3)21-16(20-11)12-7-6-9-14(19)18(12)13-8-4-5-10-17(13)16/h4-11H,1-3H3. The topological polar surface area (TPSA) is 44.3 Å². The maximum atomic E-state index is 12.3. The summed E-state index contributed by atoms with van der Waals surface area (Å²) in [5.74, 6) is 0.781. The van der Waals surface area contributed by atoms with Crippen LogP contribution in [0.1, 0.15) is 20.8 Å². The van der Waals surface area contributed by atoms with Crippen molar-refractivity contribution in [3.63, 3.8) is 0 Å². The normalized spacial score (nSPS) is 28.6. The van der Waals surface area contributed by atoms with Crippen LogP contribution >= 0.6 is 0 Å². The molecule has 2 atom stereocenters. The van der Waals surface area contributed by atoms with Gasteiger partial charge in [0.15, 0.2) is 0 Å². The van der Waals surface area contributed by atoms with Gasteiger partial charge in [0.1, 0.15) is 0 Å². The van der Waals surface area contributed by atoms with Crippen LogP contribution in [-0.4, -0.2) is 23.0 Å². The van der Waals surface area contributed by atoms with E-state index in [9.17, 15) is 4.79 Å². The SMILES string of the molecule is CC1O[B-]2(OC1(C)C)c1cccc(=O)n1-c1cccc[n+]12. The van der Waals surface area contributed by atoms with Gasteiger partial charge in [-0.25, -0.2) is 4.79 Å². The number of hydrogen-bond acceptors (Lipinski definition) is 3. The molecule has 0 radical (unpaired) electrons. The molecule has 4 heterocycles. The van der Waals surface area contributed by atoms with E-state index in [0.717, 1.165) is 11.4 Å². The molecule has 2 aromatic rings. The van der Waals surface area contributed by atoms with E-state index in [1.165, 1.54) is 0 Å². The molecule has 1 saturated heterocycles. The van der Waals surface area contributed by atoms with E-state index in [1.807, 2.05) is 55.7 Å². The first-order valence-corrected chi connectivity index (χ1v) is 7.21. The zero-order valence-corrected chi connectivity index (χ0v) is 12.3. The van der Waals surface area contributed by atoms with E-state index in [-0.39, 0.29) is 11.7 Å². The summed E-state index contributed by atoms with van der Waals surface area (Å²) >= 11 is 0. The van der Waals surface area contributed by atoms with E-state index in [2.05, 4.69) is 0 Å². The van der Waals surface area contributed by atoms with Crippen molar-refractivity contribution in [2.45, 2.75) is 32.5 Å². The fourth-order valence-electron chi connectivity index (χ4n) is 3.33. The molecule has 2 unspecified atom stereocenters. The minimum atomic E-state index is -1.88. The highest BCUT2D eigenvalue weighted by molar-refractivity contribution is 6.74. The van der Waals surface area contributed by atoms with E-state index >= 15 is 0 Å². The van der Waals surface area contributed by atoms with Crippen LogP contribution < -0.4 is 15.6 Å². The first-order valence-electron chi connectivity index (χ1n) is 7.21. The number of rotatable bonds is 0. The molecule has 21 heavy (non-hydrogen) atoms. The molecule has 1 fully saturated rings. The largest absolute Gasteiger partial charge is 0.521 e. The summed E-state index contributed by atoms with van der Waals surface area (Å²) in [6, 6.07) is 11.0. The maximum absolute atomic E-state index is 12.3. The van der Waals surface area contributed by atoms with Crippen LogP contribution in [-0.2, 0) is 9.31 Å². The lowest BCUT2D eigenvalue weighted by atomic mass is 9.67. The third-order valence-electron chi connectivity index (χ3n) is 4.65. The van der Waals surface area contributed by atoms with E-state index in [0.29, 0.717) is 0 Å². The summed E-state index contributed by atoms with van der Waals surface area (Å²) in [5.41, 5.74) is 0.281. The van der Waals surface area contributed by atoms with Gasteiger partial charge in [0.25, 0.3) is 0 Å². The molecule has 0 saturated carbocycles. The number of nitrogens with zero attached hydrogens (tertiary/aromatic N) is 2. The summed E-state index contributed by atoms with van der Waals surface area (Å²) in [6.45, 7) is 4.16. The number of pyridine rings is 2. The molecule has 2 aliphatic heterocycles. The predicted molar refractivity (Wildman–Crippen MR) is 78.7 cm³/mol. The average molecular weight is 284 g/mol. The van der Waals surface area contributed by atoms with Gasteiger partial charge in [-0.15, -0.1) is 0 Å². The van der Waals surface area contributed by atoms with Crippen LogP contribution in [0, 0.1) is 0 Å².